The second kappa shape index (κ2) is 6.28. The van der Waals surface area contributed by atoms with E-state index in [1.54, 1.807) is 6.07 Å². The summed E-state index contributed by atoms with van der Waals surface area (Å²) in [5.41, 5.74) is 2.86. The molecule has 0 unspecified atom stereocenters. The van der Waals surface area contributed by atoms with Gasteiger partial charge < -0.3 is 14.9 Å². The SMILES string of the molecule is CCCc1cc(OC(=O)O)c(O)c(CCC)c1C. The molecule has 4 heteroatoms. The lowest BCUT2D eigenvalue weighted by Gasteiger charge is -2.15. The van der Waals surface area contributed by atoms with Crippen molar-refractivity contribution < 1.29 is 19.7 Å². The first kappa shape index (κ1) is 14.4. The maximum atomic E-state index is 10.6. The zero-order valence-corrected chi connectivity index (χ0v) is 11.1. The van der Waals surface area contributed by atoms with E-state index >= 15 is 0 Å². The highest BCUT2D eigenvalue weighted by Crippen LogP contribution is 2.36. The Morgan fingerprint density at radius 3 is 2.39 bits per heavy atom. The van der Waals surface area contributed by atoms with Gasteiger partial charge in [0.15, 0.2) is 11.5 Å². The standard InChI is InChI=1S/C14H20O4/c1-4-6-10-8-12(18-14(16)17)13(15)11(7-5-2)9(10)3/h8,15H,4-7H2,1-3H3,(H,16,17). The van der Waals surface area contributed by atoms with Crippen LogP contribution in [0.2, 0.25) is 0 Å². The van der Waals surface area contributed by atoms with Gasteiger partial charge in [0.25, 0.3) is 0 Å². The lowest BCUT2D eigenvalue weighted by Crippen LogP contribution is -2.06. The van der Waals surface area contributed by atoms with Crippen LogP contribution in [0.15, 0.2) is 6.07 Å². The van der Waals surface area contributed by atoms with Crippen LogP contribution in [-0.2, 0) is 12.8 Å². The van der Waals surface area contributed by atoms with Gasteiger partial charge in [0, 0.05) is 5.56 Å². The fourth-order valence-electron chi connectivity index (χ4n) is 2.11. The molecule has 18 heavy (non-hydrogen) atoms. The Morgan fingerprint density at radius 1 is 1.28 bits per heavy atom. The van der Waals surface area contributed by atoms with Crippen molar-refractivity contribution in [2.75, 3.05) is 0 Å². The molecule has 100 valence electrons. The summed E-state index contributed by atoms with van der Waals surface area (Å²) in [4.78, 5) is 10.6. The minimum atomic E-state index is -1.40. The fraction of sp³-hybridized carbons (Fsp3) is 0.500. The Hall–Kier alpha value is -1.71. The molecule has 1 aromatic rings. The Balaban J connectivity index is 3.29. The van der Waals surface area contributed by atoms with Crippen LogP contribution >= 0.6 is 0 Å². The molecule has 0 aliphatic rings. The van der Waals surface area contributed by atoms with E-state index in [0.29, 0.717) is 6.42 Å². The van der Waals surface area contributed by atoms with E-state index in [1.807, 2.05) is 13.8 Å². The largest absolute Gasteiger partial charge is 0.511 e. The Labute approximate surface area is 107 Å². The van der Waals surface area contributed by atoms with Gasteiger partial charge in [-0.1, -0.05) is 26.7 Å². The van der Waals surface area contributed by atoms with E-state index in [-0.39, 0.29) is 11.5 Å². The van der Waals surface area contributed by atoms with E-state index in [1.165, 1.54) is 0 Å². The lowest BCUT2D eigenvalue weighted by molar-refractivity contribution is 0.142. The zero-order chi connectivity index (χ0) is 13.7. The molecule has 0 heterocycles. The summed E-state index contributed by atoms with van der Waals surface area (Å²) in [7, 11) is 0. The van der Waals surface area contributed by atoms with Gasteiger partial charge in [0.1, 0.15) is 0 Å². The molecule has 1 rings (SSSR count). The van der Waals surface area contributed by atoms with Crippen molar-refractivity contribution in [1.29, 1.82) is 0 Å². The molecule has 4 nitrogen and oxygen atoms in total. The van der Waals surface area contributed by atoms with Gasteiger partial charge in [-0.05, 0) is 37.0 Å². The topological polar surface area (TPSA) is 66.8 Å². The van der Waals surface area contributed by atoms with Crippen molar-refractivity contribution in [3.05, 3.63) is 22.8 Å². The first-order valence-corrected chi connectivity index (χ1v) is 6.26. The molecule has 2 N–H and O–H groups in total. The number of carbonyl (C=O) groups is 1. The maximum Gasteiger partial charge on any atom is 0.511 e. The van der Waals surface area contributed by atoms with E-state index in [9.17, 15) is 9.90 Å². The Bertz CT molecular complexity index is 438. The monoisotopic (exact) mass is 252 g/mol. The Kier molecular flexibility index (Phi) is 5.01. The summed E-state index contributed by atoms with van der Waals surface area (Å²) in [6, 6.07) is 1.63. The van der Waals surface area contributed by atoms with Crippen molar-refractivity contribution in [1.82, 2.24) is 0 Å². The third kappa shape index (κ3) is 3.15. The van der Waals surface area contributed by atoms with Gasteiger partial charge >= 0.3 is 6.16 Å². The molecule has 0 aliphatic heterocycles. The minimum Gasteiger partial charge on any atom is -0.504 e. The van der Waals surface area contributed by atoms with Crippen molar-refractivity contribution in [3.8, 4) is 11.5 Å². The average molecular weight is 252 g/mol. The minimum absolute atomic E-state index is 0.0417. The molecule has 0 amide bonds. The number of hydrogen-bond acceptors (Lipinski definition) is 3. The van der Waals surface area contributed by atoms with E-state index < -0.39 is 6.16 Å². The first-order chi connectivity index (χ1) is 8.51. The molecule has 0 bridgehead atoms. The van der Waals surface area contributed by atoms with Gasteiger partial charge in [-0.15, -0.1) is 0 Å². The number of hydrogen-bond donors (Lipinski definition) is 2. The molecule has 0 atom stereocenters. The van der Waals surface area contributed by atoms with Gasteiger partial charge in [-0.25, -0.2) is 4.79 Å². The Morgan fingerprint density at radius 2 is 1.89 bits per heavy atom. The molecule has 1 aromatic carbocycles. The lowest BCUT2D eigenvalue weighted by atomic mass is 9.95. The number of carboxylic acid groups (broad SMARTS) is 1. The van der Waals surface area contributed by atoms with Crippen LogP contribution in [0.3, 0.4) is 0 Å². The van der Waals surface area contributed by atoms with E-state index in [2.05, 4.69) is 11.7 Å². The second-order valence-electron chi connectivity index (χ2n) is 4.35. The normalized spacial score (nSPS) is 10.4. The molecular weight excluding hydrogens is 232 g/mol. The number of aromatic hydroxyl groups is 1. The van der Waals surface area contributed by atoms with Crippen LogP contribution in [0.25, 0.3) is 0 Å². The van der Waals surface area contributed by atoms with Crippen molar-refractivity contribution in [2.45, 2.75) is 46.5 Å². The highest BCUT2D eigenvalue weighted by Gasteiger charge is 2.17. The average Bonchev–Trinajstić information content (AvgIpc) is 2.30. The highest BCUT2D eigenvalue weighted by molar-refractivity contribution is 5.65. The highest BCUT2D eigenvalue weighted by atomic mass is 16.7. The summed E-state index contributed by atoms with van der Waals surface area (Å²) in [5.74, 6) is -0.00315. The summed E-state index contributed by atoms with van der Waals surface area (Å²) in [6.07, 6.45) is 2.00. The summed E-state index contributed by atoms with van der Waals surface area (Å²) >= 11 is 0. The van der Waals surface area contributed by atoms with Gasteiger partial charge in [0.05, 0.1) is 0 Å². The maximum absolute atomic E-state index is 10.6. The molecule has 0 fully saturated rings. The number of phenolic OH excluding ortho intramolecular Hbond substituents is 1. The number of aryl methyl sites for hydroxylation is 1. The summed E-state index contributed by atoms with van der Waals surface area (Å²) < 4.78 is 4.64. The zero-order valence-electron chi connectivity index (χ0n) is 11.1. The summed E-state index contributed by atoms with van der Waals surface area (Å²) in [5, 5.41) is 18.7. The van der Waals surface area contributed by atoms with E-state index in [0.717, 1.165) is 36.0 Å². The third-order valence-corrected chi connectivity index (χ3v) is 2.98. The van der Waals surface area contributed by atoms with Gasteiger partial charge in [-0.2, -0.15) is 0 Å². The third-order valence-electron chi connectivity index (χ3n) is 2.98. The second-order valence-corrected chi connectivity index (χ2v) is 4.35. The van der Waals surface area contributed by atoms with Crippen LogP contribution in [0.1, 0.15) is 43.4 Å². The summed E-state index contributed by atoms with van der Waals surface area (Å²) in [6.45, 7) is 6.03. The van der Waals surface area contributed by atoms with Crippen molar-refractivity contribution in [2.24, 2.45) is 0 Å². The molecule has 0 aromatic heterocycles. The van der Waals surface area contributed by atoms with E-state index in [4.69, 9.17) is 5.11 Å². The van der Waals surface area contributed by atoms with Crippen molar-refractivity contribution in [3.63, 3.8) is 0 Å². The van der Waals surface area contributed by atoms with Crippen LogP contribution in [0, 0.1) is 6.92 Å². The predicted molar refractivity (Wildman–Crippen MR) is 69.5 cm³/mol. The molecular formula is C14H20O4. The number of rotatable bonds is 5. The smallest absolute Gasteiger partial charge is 0.504 e. The van der Waals surface area contributed by atoms with Crippen LogP contribution < -0.4 is 4.74 Å². The number of ether oxygens (including phenoxy) is 1. The quantitative estimate of drug-likeness (QED) is 0.620. The molecule has 0 saturated carbocycles. The number of benzene rings is 1. The molecule has 0 aliphatic carbocycles. The van der Waals surface area contributed by atoms with Gasteiger partial charge in [0.2, 0.25) is 0 Å². The predicted octanol–water partition coefficient (Wildman–Crippen LogP) is 3.66. The first-order valence-electron chi connectivity index (χ1n) is 6.26. The van der Waals surface area contributed by atoms with Crippen LogP contribution in [0.5, 0.6) is 11.5 Å². The molecule has 0 radical (unpaired) electrons. The van der Waals surface area contributed by atoms with Gasteiger partial charge in [-0.3, -0.25) is 0 Å². The van der Waals surface area contributed by atoms with Crippen molar-refractivity contribution >= 4 is 6.16 Å². The van der Waals surface area contributed by atoms with Crippen LogP contribution in [-0.4, -0.2) is 16.4 Å². The molecule has 0 saturated heterocycles. The fourth-order valence-corrected chi connectivity index (χ4v) is 2.11. The van der Waals surface area contributed by atoms with Crippen LogP contribution in [0.4, 0.5) is 4.79 Å². The molecule has 0 spiro atoms. The number of phenols is 1.